The zero-order valence-electron chi connectivity index (χ0n) is 11.6. The van der Waals surface area contributed by atoms with Crippen LogP contribution in [0.5, 0.6) is 0 Å². The molecule has 1 aromatic rings. The third-order valence-electron chi connectivity index (χ3n) is 2.67. The van der Waals surface area contributed by atoms with Crippen molar-refractivity contribution in [2.24, 2.45) is 0 Å². The molecule has 3 N–H and O–H groups in total. The molecule has 0 aliphatic carbocycles. The Morgan fingerprint density at radius 2 is 1.76 bits per heavy atom. The maximum Gasteiger partial charge on any atom is 0.328 e. The number of carboxylic acids is 2. The molecule has 1 aromatic carbocycles. The van der Waals surface area contributed by atoms with Gasteiger partial charge in [0, 0.05) is 28.8 Å². The van der Waals surface area contributed by atoms with E-state index in [1.807, 2.05) is 11.8 Å². The van der Waals surface area contributed by atoms with Gasteiger partial charge in [0.2, 0.25) is 0 Å². The molecule has 0 saturated carbocycles. The van der Waals surface area contributed by atoms with E-state index in [1.165, 1.54) is 30.8 Å². The number of hydrogen-bond donors (Lipinski definition) is 3. The molecule has 1 atom stereocenters. The Balaban J connectivity index is 0.000000240. The van der Waals surface area contributed by atoms with Crippen molar-refractivity contribution in [1.29, 1.82) is 0 Å². The monoisotopic (exact) mass is 309 g/mol. The van der Waals surface area contributed by atoms with Crippen molar-refractivity contribution in [3.8, 4) is 0 Å². The third-order valence-corrected chi connectivity index (χ3v) is 3.95. The molecule has 1 unspecified atom stereocenters. The van der Waals surface area contributed by atoms with Crippen LogP contribution in [-0.2, 0) is 9.59 Å². The normalized spacial score (nSPS) is 17.8. The van der Waals surface area contributed by atoms with E-state index in [4.69, 9.17) is 10.2 Å². The summed E-state index contributed by atoms with van der Waals surface area (Å²) in [6, 6.07) is 10.7. The van der Waals surface area contributed by atoms with Gasteiger partial charge in [-0.2, -0.15) is 0 Å². The van der Waals surface area contributed by atoms with Crippen LogP contribution in [0.15, 0.2) is 47.4 Å². The Morgan fingerprint density at radius 3 is 2.24 bits per heavy atom. The van der Waals surface area contributed by atoms with Crippen LogP contribution in [0.4, 0.5) is 0 Å². The first kappa shape index (κ1) is 17.3. The molecule has 1 aliphatic rings. The number of nitrogens with one attached hydrogen (secondary N) is 1. The maximum absolute atomic E-state index is 9.55. The van der Waals surface area contributed by atoms with Crippen molar-refractivity contribution in [2.75, 3.05) is 13.1 Å². The number of aliphatic carboxylic acids is 2. The summed E-state index contributed by atoms with van der Waals surface area (Å²) in [4.78, 5) is 20.5. The van der Waals surface area contributed by atoms with Crippen molar-refractivity contribution in [3.63, 3.8) is 0 Å². The highest BCUT2D eigenvalue weighted by molar-refractivity contribution is 8.00. The molecule has 2 rings (SSSR count). The summed E-state index contributed by atoms with van der Waals surface area (Å²) < 4.78 is 0. The first-order chi connectivity index (χ1) is 10.1. The zero-order chi connectivity index (χ0) is 15.5. The van der Waals surface area contributed by atoms with E-state index in [2.05, 4.69) is 35.6 Å². The lowest BCUT2D eigenvalue weighted by atomic mass is 10.2. The van der Waals surface area contributed by atoms with Crippen LogP contribution in [0.25, 0.3) is 0 Å². The first-order valence-corrected chi connectivity index (χ1v) is 7.52. The van der Waals surface area contributed by atoms with E-state index < -0.39 is 11.9 Å². The van der Waals surface area contributed by atoms with Gasteiger partial charge < -0.3 is 15.5 Å². The summed E-state index contributed by atoms with van der Waals surface area (Å²) in [5.41, 5.74) is 0. The minimum Gasteiger partial charge on any atom is -0.478 e. The van der Waals surface area contributed by atoms with Crippen LogP contribution in [0.1, 0.15) is 12.8 Å². The molecule has 0 radical (unpaired) electrons. The Kier molecular flexibility index (Phi) is 8.23. The Hall–Kier alpha value is -1.79. The van der Waals surface area contributed by atoms with Crippen LogP contribution in [0.2, 0.25) is 0 Å². The zero-order valence-corrected chi connectivity index (χ0v) is 12.4. The standard InChI is InChI=1S/C11H15NS.C4H4O4/c1-2-5-10(6-3-1)13-11-7-4-8-12-9-11;5-3(6)1-2-4(7)8/h1-3,5-6,11-12H,4,7-9H2;1-2H,(H,5,6)(H,7,8)/b;2-1-. The van der Waals surface area contributed by atoms with Crippen molar-refractivity contribution in [1.82, 2.24) is 5.32 Å². The molecule has 0 amide bonds. The fourth-order valence-corrected chi connectivity index (χ4v) is 2.94. The van der Waals surface area contributed by atoms with E-state index >= 15 is 0 Å². The second kappa shape index (κ2) is 10.0. The summed E-state index contributed by atoms with van der Waals surface area (Å²) >= 11 is 2.00. The quantitative estimate of drug-likeness (QED) is 0.740. The minimum atomic E-state index is -1.26. The van der Waals surface area contributed by atoms with Gasteiger partial charge in [0.15, 0.2) is 0 Å². The molecule has 114 valence electrons. The molecule has 5 nitrogen and oxygen atoms in total. The molecule has 6 heteroatoms. The van der Waals surface area contributed by atoms with Gasteiger partial charge in [-0.15, -0.1) is 11.8 Å². The predicted molar refractivity (Wildman–Crippen MR) is 82.6 cm³/mol. The topological polar surface area (TPSA) is 86.6 Å². The van der Waals surface area contributed by atoms with Gasteiger partial charge in [0.05, 0.1) is 0 Å². The number of rotatable bonds is 4. The number of carbonyl (C=O) groups is 2. The lowest BCUT2D eigenvalue weighted by Gasteiger charge is -2.21. The molecule has 21 heavy (non-hydrogen) atoms. The SMILES string of the molecule is O=C(O)/C=C\C(=O)O.c1ccc(SC2CCCNC2)cc1. The summed E-state index contributed by atoms with van der Waals surface area (Å²) in [5.74, 6) is -2.51. The van der Waals surface area contributed by atoms with Crippen LogP contribution in [-0.4, -0.2) is 40.5 Å². The molecule has 1 heterocycles. The average molecular weight is 309 g/mol. The smallest absolute Gasteiger partial charge is 0.328 e. The Bertz CT molecular complexity index is 454. The van der Waals surface area contributed by atoms with Crippen LogP contribution in [0.3, 0.4) is 0 Å². The van der Waals surface area contributed by atoms with Crippen molar-refractivity contribution in [2.45, 2.75) is 23.0 Å². The second-order valence-corrected chi connectivity index (χ2v) is 5.78. The fraction of sp³-hybridized carbons (Fsp3) is 0.333. The molecule has 1 saturated heterocycles. The van der Waals surface area contributed by atoms with Gasteiger partial charge in [-0.05, 0) is 31.5 Å². The molecule has 1 fully saturated rings. The number of piperidine rings is 1. The molecule has 0 spiro atoms. The number of carboxylic acid groups (broad SMARTS) is 2. The van der Waals surface area contributed by atoms with Crippen LogP contribution in [0, 0.1) is 0 Å². The average Bonchev–Trinajstić information content (AvgIpc) is 2.48. The van der Waals surface area contributed by atoms with Crippen LogP contribution >= 0.6 is 11.8 Å². The van der Waals surface area contributed by atoms with Gasteiger partial charge in [0.1, 0.15) is 0 Å². The predicted octanol–water partition coefficient (Wildman–Crippen LogP) is 2.24. The summed E-state index contributed by atoms with van der Waals surface area (Å²) in [5, 5.41) is 19.8. The summed E-state index contributed by atoms with van der Waals surface area (Å²) in [7, 11) is 0. The lowest BCUT2D eigenvalue weighted by molar-refractivity contribution is -0.134. The second-order valence-electron chi connectivity index (χ2n) is 4.41. The highest BCUT2D eigenvalue weighted by Crippen LogP contribution is 2.26. The maximum atomic E-state index is 9.55. The van der Waals surface area contributed by atoms with E-state index in [9.17, 15) is 9.59 Å². The van der Waals surface area contributed by atoms with Gasteiger partial charge in [-0.25, -0.2) is 9.59 Å². The third kappa shape index (κ3) is 8.88. The van der Waals surface area contributed by atoms with Gasteiger partial charge in [-0.3, -0.25) is 0 Å². The van der Waals surface area contributed by atoms with Crippen molar-refractivity contribution >= 4 is 23.7 Å². The number of benzene rings is 1. The van der Waals surface area contributed by atoms with E-state index in [0.717, 1.165) is 5.25 Å². The first-order valence-electron chi connectivity index (χ1n) is 6.64. The van der Waals surface area contributed by atoms with Gasteiger partial charge in [0.25, 0.3) is 0 Å². The summed E-state index contributed by atoms with van der Waals surface area (Å²) in [6.45, 7) is 2.37. The number of thioether (sulfide) groups is 1. The van der Waals surface area contributed by atoms with Crippen molar-refractivity contribution < 1.29 is 19.8 Å². The van der Waals surface area contributed by atoms with Crippen LogP contribution < -0.4 is 5.32 Å². The summed E-state index contributed by atoms with van der Waals surface area (Å²) in [6.07, 6.45) is 3.79. The van der Waals surface area contributed by atoms with E-state index in [0.29, 0.717) is 12.2 Å². The molecule has 1 aliphatic heterocycles. The van der Waals surface area contributed by atoms with Gasteiger partial charge in [-0.1, -0.05) is 18.2 Å². The highest BCUT2D eigenvalue weighted by Gasteiger charge is 2.13. The molecule has 0 bridgehead atoms. The van der Waals surface area contributed by atoms with Gasteiger partial charge >= 0.3 is 11.9 Å². The Morgan fingerprint density at radius 1 is 1.14 bits per heavy atom. The Labute approximate surface area is 128 Å². The highest BCUT2D eigenvalue weighted by atomic mass is 32.2. The van der Waals surface area contributed by atoms with E-state index in [-0.39, 0.29) is 0 Å². The van der Waals surface area contributed by atoms with Crippen molar-refractivity contribution in [3.05, 3.63) is 42.5 Å². The molecular formula is C15H19NO4S. The molecular weight excluding hydrogens is 290 g/mol. The lowest BCUT2D eigenvalue weighted by Crippen LogP contribution is -2.31. The largest absolute Gasteiger partial charge is 0.478 e. The fourth-order valence-electron chi connectivity index (χ4n) is 1.75. The minimum absolute atomic E-state index is 0.558. The number of hydrogen-bond acceptors (Lipinski definition) is 4. The van der Waals surface area contributed by atoms with E-state index in [1.54, 1.807) is 0 Å². The molecule has 0 aromatic heterocycles.